The van der Waals surface area contributed by atoms with E-state index in [1.165, 1.54) is 0 Å². The van der Waals surface area contributed by atoms with Gasteiger partial charge in [0.15, 0.2) is 0 Å². The topological polar surface area (TPSA) is 0 Å². The second-order valence-electron chi connectivity index (χ2n) is 3.91. The molecule has 0 amide bonds. The summed E-state index contributed by atoms with van der Waals surface area (Å²) in [5, 5.41) is 0.240. The van der Waals surface area contributed by atoms with Gasteiger partial charge in [-0.1, -0.05) is 20.8 Å². The lowest BCUT2D eigenvalue weighted by Gasteiger charge is -2.41. The second-order valence-corrected chi connectivity index (χ2v) is 5.42. The molecule has 1 rings (SSSR count). The highest BCUT2D eigenvalue weighted by Gasteiger charge is 2.42. The monoisotopic (exact) mass is 228 g/mol. The van der Waals surface area contributed by atoms with Gasteiger partial charge < -0.3 is 0 Å². The van der Waals surface area contributed by atoms with Gasteiger partial charge in [0.2, 0.25) is 0 Å². The van der Waals surface area contributed by atoms with Crippen LogP contribution in [-0.4, -0.2) is 16.1 Å². The summed E-state index contributed by atoms with van der Waals surface area (Å²) in [5.74, 6) is 1.18. The first-order chi connectivity index (χ1) is 5.46. The van der Waals surface area contributed by atoms with Crippen molar-refractivity contribution in [2.75, 3.05) is 0 Å². The van der Waals surface area contributed by atoms with Crippen LogP contribution in [0.3, 0.4) is 0 Å². The van der Waals surface area contributed by atoms with Gasteiger partial charge in [0.05, 0.1) is 10.8 Å². The summed E-state index contributed by atoms with van der Waals surface area (Å²) in [6.45, 7) is 6.35. The number of alkyl halides is 3. The maximum Gasteiger partial charge on any atom is 0.0542 e. The molecule has 0 spiro atoms. The SMILES string of the molecule is C[C@@H]1[C@H](C)[C@@H](Cl)[C@H](Cl)[C@H](C)[C@H]1Cl. The van der Waals surface area contributed by atoms with Gasteiger partial charge in [0.1, 0.15) is 0 Å². The zero-order valence-electron chi connectivity index (χ0n) is 7.60. The Labute approximate surface area is 89.6 Å². The molecule has 6 atom stereocenters. The molecule has 3 heteroatoms. The number of hydrogen-bond donors (Lipinski definition) is 0. The third-order valence-electron chi connectivity index (χ3n) is 3.14. The first-order valence-electron chi connectivity index (χ1n) is 4.39. The molecule has 72 valence electrons. The first kappa shape index (κ1) is 10.9. The largest absolute Gasteiger partial charge is 0.122 e. The van der Waals surface area contributed by atoms with Crippen LogP contribution in [0.5, 0.6) is 0 Å². The van der Waals surface area contributed by atoms with Crippen molar-refractivity contribution in [1.82, 2.24) is 0 Å². The molecule has 0 aromatic carbocycles. The molecule has 0 unspecified atom stereocenters. The Balaban J connectivity index is 2.76. The molecule has 0 nitrogen and oxygen atoms in total. The Kier molecular flexibility index (Phi) is 3.59. The lowest BCUT2D eigenvalue weighted by molar-refractivity contribution is 0.237. The second kappa shape index (κ2) is 3.94. The summed E-state index contributed by atoms with van der Waals surface area (Å²) < 4.78 is 0. The quantitative estimate of drug-likeness (QED) is 0.555. The third-order valence-corrected chi connectivity index (χ3v) is 5.40. The van der Waals surface area contributed by atoms with Gasteiger partial charge in [0, 0.05) is 5.38 Å². The molecule has 0 radical (unpaired) electrons. The summed E-state index contributed by atoms with van der Waals surface area (Å²) in [7, 11) is 0. The lowest BCUT2D eigenvalue weighted by Crippen LogP contribution is -2.45. The van der Waals surface area contributed by atoms with Gasteiger partial charge in [-0.15, -0.1) is 34.8 Å². The first-order valence-corrected chi connectivity index (χ1v) is 5.70. The highest BCUT2D eigenvalue weighted by Crippen LogP contribution is 2.42. The van der Waals surface area contributed by atoms with E-state index in [4.69, 9.17) is 34.8 Å². The standard InChI is InChI=1S/C9H15Cl3/c1-4-5(2)8(11)9(12)6(3)7(4)10/h4-9H,1-3H3/t4-,5+,6-,7+,8-,9-/m1/s1. The predicted octanol–water partition coefficient (Wildman–Crippen LogP) is 3.73. The van der Waals surface area contributed by atoms with Gasteiger partial charge in [-0.05, 0) is 17.8 Å². The fraction of sp³-hybridized carbons (Fsp3) is 1.00. The van der Waals surface area contributed by atoms with Crippen molar-refractivity contribution in [3.05, 3.63) is 0 Å². The molecule has 1 saturated carbocycles. The van der Waals surface area contributed by atoms with E-state index >= 15 is 0 Å². The van der Waals surface area contributed by atoms with Gasteiger partial charge in [0.25, 0.3) is 0 Å². The van der Waals surface area contributed by atoms with Crippen LogP contribution in [0.2, 0.25) is 0 Å². The summed E-state index contributed by atoms with van der Waals surface area (Å²) in [5.41, 5.74) is 0. The number of halogens is 3. The maximum atomic E-state index is 6.23. The average Bonchev–Trinajstić information content (AvgIpc) is 2.08. The van der Waals surface area contributed by atoms with Crippen molar-refractivity contribution in [1.29, 1.82) is 0 Å². The molecular weight excluding hydrogens is 214 g/mol. The summed E-state index contributed by atoms with van der Waals surface area (Å²) in [6, 6.07) is 0. The molecule has 0 N–H and O–H groups in total. The zero-order chi connectivity index (χ0) is 9.46. The van der Waals surface area contributed by atoms with Crippen LogP contribution in [0.15, 0.2) is 0 Å². The summed E-state index contributed by atoms with van der Waals surface area (Å²) >= 11 is 18.6. The average molecular weight is 230 g/mol. The van der Waals surface area contributed by atoms with Crippen molar-refractivity contribution in [2.24, 2.45) is 17.8 Å². The smallest absolute Gasteiger partial charge is 0.0542 e. The predicted molar refractivity (Wildman–Crippen MR) is 56.4 cm³/mol. The van der Waals surface area contributed by atoms with Gasteiger partial charge in [-0.25, -0.2) is 0 Å². The Morgan fingerprint density at radius 2 is 0.917 bits per heavy atom. The molecule has 1 fully saturated rings. The van der Waals surface area contributed by atoms with E-state index in [1.54, 1.807) is 0 Å². The van der Waals surface area contributed by atoms with Crippen LogP contribution in [0, 0.1) is 17.8 Å². The number of hydrogen-bond acceptors (Lipinski definition) is 0. The van der Waals surface area contributed by atoms with Crippen molar-refractivity contribution in [3.63, 3.8) is 0 Å². The van der Waals surface area contributed by atoms with E-state index in [-0.39, 0.29) is 16.1 Å². The van der Waals surface area contributed by atoms with E-state index in [2.05, 4.69) is 20.8 Å². The normalized spacial score (nSPS) is 55.5. The molecule has 1 aliphatic carbocycles. The van der Waals surface area contributed by atoms with Crippen molar-refractivity contribution in [2.45, 2.75) is 36.9 Å². The molecule has 0 bridgehead atoms. The molecule has 0 aliphatic heterocycles. The van der Waals surface area contributed by atoms with Gasteiger partial charge in [-0.2, -0.15) is 0 Å². The van der Waals surface area contributed by atoms with Crippen LogP contribution < -0.4 is 0 Å². The molecule has 0 aromatic rings. The third kappa shape index (κ3) is 1.71. The van der Waals surface area contributed by atoms with E-state index in [9.17, 15) is 0 Å². The van der Waals surface area contributed by atoms with E-state index in [1.807, 2.05) is 0 Å². The number of rotatable bonds is 0. The zero-order valence-corrected chi connectivity index (χ0v) is 9.87. The molecule has 1 aliphatic rings. The van der Waals surface area contributed by atoms with E-state index in [0.717, 1.165) is 0 Å². The molecule has 0 saturated heterocycles. The van der Waals surface area contributed by atoms with E-state index in [0.29, 0.717) is 17.8 Å². The Hall–Kier alpha value is 0.870. The summed E-state index contributed by atoms with van der Waals surface area (Å²) in [4.78, 5) is 0. The van der Waals surface area contributed by atoms with Gasteiger partial charge in [-0.3, -0.25) is 0 Å². The van der Waals surface area contributed by atoms with Crippen LogP contribution in [0.1, 0.15) is 20.8 Å². The minimum atomic E-state index is 0.0142. The van der Waals surface area contributed by atoms with Crippen LogP contribution >= 0.6 is 34.8 Å². The van der Waals surface area contributed by atoms with Crippen LogP contribution in [0.25, 0.3) is 0 Å². The summed E-state index contributed by atoms with van der Waals surface area (Å²) in [6.07, 6.45) is 0. The fourth-order valence-electron chi connectivity index (χ4n) is 1.81. The minimum absolute atomic E-state index is 0.0142. The lowest BCUT2D eigenvalue weighted by atomic mass is 9.75. The van der Waals surface area contributed by atoms with Gasteiger partial charge >= 0.3 is 0 Å². The minimum Gasteiger partial charge on any atom is -0.122 e. The Morgan fingerprint density at radius 1 is 0.583 bits per heavy atom. The molecule has 0 heterocycles. The molecule has 0 aromatic heterocycles. The van der Waals surface area contributed by atoms with Crippen LogP contribution in [0.4, 0.5) is 0 Å². The molecule has 12 heavy (non-hydrogen) atoms. The van der Waals surface area contributed by atoms with Crippen molar-refractivity contribution in [3.8, 4) is 0 Å². The maximum absolute atomic E-state index is 6.23. The fourth-order valence-corrected chi connectivity index (χ4v) is 3.12. The molecular formula is C9H15Cl3. The highest BCUT2D eigenvalue weighted by molar-refractivity contribution is 6.31. The van der Waals surface area contributed by atoms with E-state index < -0.39 is 0 Å². The van der Waals surface area contributed by atoms with Crippen molar-refractivity contribution >= 4 is 34.8 Å². The van der Waals surface area contributed by atoms with Crippen molar-refractivity contribution < 1.29 is 0 Å². The van der Waals surface area contributed by atoms with Crippen LogP contribution in [-0.2, 0) is 0 Å². The Bertz CT molecular complexity index is 101. The highest BCUT2D eigenvalue weighted by atomic mass is 35.5. The Morgan fingerprint density at radius 3 is 1.42 bits per heavy atom.